The fraction of sp³-hybridized carbons (Fsp3) is 0.800. The molecule has 0 aromatic carbocycles. The van der Waals surface area contributed by atoms with Crippen LogP contribution in [0.5, 0.6) is 0 Å². The number of carbonyl (C=O) groups excluding carboxylic acids is 1. The third-order valence-electron chi connectivity index (χ3n) is 3.63. The van der Waals surface area contributed by atoms with Crippen LogP contribution >= 0.6 is 0 Å². The summed E-state index contributed by atoms with van der Waals surface area (Å²) in [5.74, 6) is 0.207. The Bertz CT molecular complexity index is 260. The lowest BCUT2D eigenvalue weighted by molar-refractivity contribution is -0.126. The summed E-state index contributed by atoms with van der Waals surface area (Å²) in [7, 11) is 0. The van der Waals surface area contributed by atoms with E-state index in [1.165, 1.54) is 25.7 Å². The Kier molecular flexibility index (Phi) is 6.31. The standard InChI is InChI=1S/C15H27NO/c1-4-6-8-9-10-14-12-13(3)15(17)16(14)11-7-5-2/h14H,3-12H2,1-2H3. The molecule has 1 rings (SSSR count). The molecule has 0 aliphatic carbocycles. The summed E-state index contributed by atoms with van der Waals surface area (Å²) >= 11 is 0. The molecule has 17 heavy (non-hydrogen) atoms. The van der Waals surface area contributed by atoms with Crippen molar-refractivity contribution in [1.82, 2.24) is 4.90 Å². The third kappa shape index (κ3) is 4.18. The summed E-state index contributed by atoms with van der Waals surface area (Å²) in [6.45, 7) is 9.22. The number of likely N-dealkylation sites (tertiary alicyclic amines) is 1. The number of nitrogens with zero attached hydrogens (tertiary/aromatic N) is 1. The monoisotopic (exact) mass is 237 g/mol. The van der Waals surface area contributed by atoms with Gasteiger partial charge in [0.15, 0.2) is 0 Å². The molecule has 2 nitrogen and oxygen atoms in total. The molecule has 1 heterocycles. The highest BCUT2D eigenvalue weighted by Crippen LogP contribution is 2.27. The maximum Gasteiger partial charge on any atom is 0.249 e. The third-order valence-corrected chi connectivity index (χ3v) is 3.63. The zero-order valence-corrected chi connectivity index (χ0v) is 11.5. The average molecular weight is 237 g/mol. The van der Waals surface area contributed by atoms with Gasteiger partial charge in [-0.25, -0.2) is 0 Å². The van der Waals surface area contributed by atoms with Crippen LogP contribution in [0.15, 0.2) is 12.2 Å². The molecule has 2 heteroatoms. The molecule has 0 spiro atoms. The Morgan fingerprint density at radius 2 is 1.88 bits per heavy atom. The van der Waals surface area contributed by atoms with Crippen molar-refractivity contribution in [2.45, 2.75) is 71.3 Å². The van der Waals surface area contributed by atoms with Gasteiger partial charge in [-0.05, 0) is 19.3 Å². The van der Waals surface area contributed by atoms with Gasteiger partial charge in [0.2, 0.25) is 5.91 Å². The van der Waals surface area contributed by atoms with Crippen LogP contribution in [-0.2, 0) is 4.79 Å². The van der Waals surface area contributed by atoms with Crippen molar-refractivity contribution in [3.05, 3.63) is 12.2 Å². The van der Waals surface area contributed by atoms with Gasteiger partial charge >= 0.3 is 0 Å². The number of carbonyl (C=O) groups is 1. The molecule has 1 aliphatic rings. The zero-order valence-electron chi connectivity index (χ0n) is 11.5. The molecular formula is C15H27NO. The minimum Gasteiger partial charge on any atom is -0.336 e. The highest BCUT2D eigenvalue weighted by molar-refractivity contribution is 5.95. The highest BCUT2D eigenvalue weighted by Gasteiger charge is 2.32. The molecule has 1 atom stereocenters. The van der Waals surface area contributed by atoms with E-state index in [-0.39, 0.29) is 5.91 Å². The predicted octanol–water partition coefficient (Wildman–Crippen LogP) is 3.91. The molecule has 1 unspecified atom stereocenters. The molecule has 0 bridgehead atoms. The van der Waals surface area contributed by atoms with Crippen molar-refractivity contribution in [2.24, 2.45) is 0 Å². The second-order valence-electron chi connectivity index (χ2n) is 5.16. The van der Waals surface area contributed by atoms with Crippen LogP contribution < -0.4 is 0 Å². The molecule has 0 saturated carbocycles. The first-order chi connectivity index (χ1) is 8.20. The van der Waals surface area contributed by atoms with Gasteiger partial charge in [0.25, 0.3) is 0 Å². The van der Waals surface area contributed by atoms with Crippen LogP contribution in [-0.4, -0.2) is 23.4 Å². The minimum atomic E-state index is 0.207. The maximum atomic E-state index is 11.9. The first kappa shape index (κ1) is 14.3. The summed E-state index contributed by atoms with van der Waals surface area (Å²) in [5, 5.41) is 0. The van der Waals surface area contributed by atoms with E-state index in [1.54, 1.807) is 0 Å². The molecule has 0 aromatic rings. The summed E-state index contributed by atoms with van der Waals surface area (Å²) in [5.41, 5.74) is 0.821. The van der Waals surface area contributed by atoms with Gasteiger partial charge in [0.1, 0.15) is 0 Å². The smallest absolute Gasteiger partial charge is 0.249 e. The van der Waals surface area contributed by atoms with Crippen LogP contribution in [0.1, 0.15) is 65.2 Å². The van der Waals surface area contributed by atoms with Gasteiger partial charge in [-0.15, -0.1) is 0 Å². The van der Waals surface area contributed by atoms with Crippen molar-refractivity contribution in [2.75, 3.05) is 6.54 Å². The van der Waals surface area contributed by atoms with E-state index < -0.39 is 0 Å². The Balaban J connectivity index is 2.39. The quantitative estimate of drug-likeness (QED) is 0.463. The lowest BCUT2D eigenvalue weighted by Gasteiger charge is -2.24. The summed E-state index contributed by atoms with van der Waals surface area (Å²) < 4.78 is 0. The SMILES string of the molecule is C=C1CC(CCCCCC)N(CCCC)C1=O. The molecule has 1 saturated heterocycles. The summed E-state index contributed by atoms with van der Waals surface area (Å²) in [4.78, 5) is 14.0. The van der Waals surface area contributed by atoms with Crippen LogP contribution in [0, 0.1) is 0 Å². The lowest BCUT2D eigenvalue weighted by Crippen LogP contribution is -2.33. The summed E-state index contributed by atoms with van der Waals surface area (Å²) in [6, 6.07) is 0.443. The van der Waals surface area contributed by atoms with E-state index in [4.69, 9.17) is 0 Å². The molecule has 1 fully saturated rings. The number of amides is 1. The second kappa shape index (κ2) is 7.52. The molecule has 98 valence electrons. The summed E-state index contributed by atoms with van der Waals surface area (Å²) in [6.07, 6.45) is 9.47. The maximum absolute atomic E-state index is 11.9. The van der Waals surface area contributed by atoms with Crippen LogP contribution in [0.25, 0.3) is 0 Å². The van der Waals surface area contributed by atoms with Crippen molar-refractivity contribution < 1.29 is 4.79 Å². The minimum absolute atomic E-state index is 0.207. The van der Waals surface area contributed by atoms with Crippen molar-refractivity contribution >= 4 is 5.91 Å². The van der Waals surface area contributed by atoms with Gasteiger partial charge in [0.05, 0.1) is 0 Å². The fourth-order valence-corrected chi connectivity index (χ4v) is 2.53. The second-order valence-corrected chi connectivity index (χ2v) is 5.16. The molecule has 0 N–H and O–H groups in total. The number of unbranched alkanes of at least 4 members (excludes halogenated alkanes) is 4. The number of rotatable bonds is 8. The van der Waals surface area contributed by atoms with Gasteiger partial charge in [-0.1, -0.05) is 52.5 Å². The normalized spacial score (nSPS) is 20.4. The molecule has 1 amide bonds. The molecule has 0 aromatic heterocycles. The van der Waals surface area contributed by atoms with E-state index in [9.17, 15) is 4.79 Å². The first-order valence-electron chi connectivity index (χ1n) is 7.19. The first-order valence-corrected chi connectivity index (χ1v) is 7.19. The zero-order chi connectivity index (χ0) is 12.7. The van der Waals surface area contributed by atoms with E-state index in [0.717, 1.165) is 37.8 Å². The molecule has 1 aliphatic heterocycles. The Labute approximate surface area is 106 Å². The van der Waals surface area contributed by atoms with Gasteiger partial charge in [-0.3, -0.25) is 4.79 Å². The van der Waals surface area contributed by atoms with Crippen molar-refractivity contribution in [1.29, 1.82) is 0 Å². The van der Waals surface area contributed by atoms with E-state index >= 15 is 0 Å². The van der Waals surface area contributed by atoms with Gasteiger partial charge < -0.3 is 4.90 Å². The average Bonchev–Trinajstić information content (AvgIpc) is 2.59. The van der Waals surface area contributed by atoms with Gasteiger partial charge in [0, 0.05) is 18.2 Å². The number of hydrogen-bond acceptors (Lipinski definition) is 1. The predicted molar refractivity (Wildman–Crippen MR) is 72.9 cm³/mol. The van der Waals surface area contributed by atoms with Crippen molar-refractivity contribution in [3.8, 4) is 0 Å². The van der Waals surface area contributed by atoms with Crippen LogP contribution in [0.4, 0.5) is 0 Å². The Morgan fingerprint density at radius 1 is 1.18 bits per heavy atom. The largest absolute Gasteiger partial charge is 0.336 e. The van der Waals surface area contributed by atoms with Crippen LogP contribution in [0.3, 0.4) is 0 Å². The van der Waals surface area contributed by atoms with Crippen molar-refractivity contribution in [3.63, 3.8) is 0 Å². The highest BCUT2D eigenvalue weighted by atomic mass is 16.2. The fourth-order valence-electron chi connectivity index (χ4n) is 2.53. The Hall–Kier alpha value is -0.790. The molecular weight excluding hydrogens is 210 g/mol. The Morgan fingerprint density at radius 3 is 2.53 bits per heavy atom. The topological polar surface area (TPSA) is 20.3 Å². The van der Waals surface area contributed by atoms with Gasteiger partial charge in [-0.2, -0.15) is 0 Å². The lowest BCUT2D eigenvalue weighted by atomic mass is 10.0. The molecule has 0 radical (unpaired) electrons. The number of hydrogen-bond donors (Lipinski definition) is 0. The van der Waals surface area contributed by atoms with E-state index in [0.29, 0.717) is 6.04 Å². The van der Waals surface area contributed by atoms with E-state index in [2.05, 4.69) is 25.3 Å². The van der Waals surface area contributed by atoms with E-state index in [1.807, 2.05) is 0 Å². The van der Waals surface area contributed by atoms with Crippen LogP contribution in [0.2, 0.25) is 0 Å².